The van der Waals surface area contributed by atoms with Crippen molar-refractivity contribution in [2.45, 2.75) is 76.0 Å². The van der Waals surface area contributed by atoms with Gasteiger partial charge in [0.2, 0.25) is 5.91 Å². The Bertz CT molecular complexity index is 1280. The van der Waals surface area contributed by atoms with Gasteiger partial charge in [-0.2, -0.15) is 0 Å². The molecule has 3 N–H and O–H groups in total. The van der Waals surface area contributed by atoms with E-state index in [2.05, 4.69) is 36.3 Å². The van der Waals surface area contributed by atoms with Gasteiger partial charge in [-0.05, 0) is 66.6 Å². The monoisotopic (exact) mass is 575 g/mol. The zero-order valence-corrected chi connectivity index (χ0v) is 24.1. The molecule has 6 nitrogen and oxygen atoms in total. The van der Waals surface area contributed by atoms with E-state index >= 15 is 0 Å². The third-order valence-electron chi connectivity index (χ3n) is 8.40. The molecule has 3 aliphatic heterocycles. The number of hydrogen-bond acceptors (Lipinski definition) is 5. The van der Waals surface area contributed by atoms with Gasteiger partial charge in [-0.25, -0.2) is 4.39 Å². The summed E-state index contributed by atoms with van der Waals surface area (Å²) in [6.45, 7) is 8.44. The number of benzene rings is 2. The Morgan fingerprint density at radius 3 is 2.67 bits per heavy atom. The summed E-state index contributed by atoms with van der Waals surface area (Å²) in [5.74, 6) is -1.47. The topological polar surface area (TPSA) is 81.7 Å². The molecule has 3 aliphatic rings. The van der Waals surface area contributed by atoms with Gasteiger partial charge in [0.25, 0.3) is 0 Å². The minimum absolute atomic E-state index is 0.00573. The number of aliphatic hydroxyl groups excluding tert-OH is 1. The molecule has 9 heteroatoms. The van der Waals surface area contributed by atoms with Crippen LogP contribution in [0.25, 0.3) is 0 Å². The van der Waals surface area contributed by atoms with Gasteiger partial charge >= 0.3 is 0 Å². The van der Waals surface area contributed by atoms with E-state index in [4.69, 9.17) is 23.2 Å². The molecule has 0 bridgehead atoms. The number of fused-ring (bicyclic) bond motifs is 2. The molecule has 2 aromatic rings. The number of β-amino-alcohol motifs (C(OH)–C–C–N with tert-alkyl or cyclic N) is 1. The third-order valence-corrected chi connectivity index (χ3v) is 8.93. The second-order valence-electron chi connectivity index (χ2n) is 12.4. The first-order chi connectivity index (χ1) is 18.4. The number of likely N-dealkylation sites (tertiary alicyclic amines) is 1. The molecule has 1 amide bonds. The van der Waals surface area contributed by atoms with Crippen LogP contribution in [0.15, 0.2) is 36.4 Å². The van der Waals surface area contributed by atoms with Crippen molar-refractivity contribution in [1.29, 1.82) is 0 Å². The van der Waals surface area contributed by atoms with E-state index in [1.165, 1.54) is 12.1 Å². The van der Waals surface area contributed by atoms with E-state index in [1.54, 1.807) is 12.1 Å². The van der Waals surface area contributed by atoms with Gasteiger partial charge in [-0.1, -0.05) is 56.1 Å². The standard InChI is InChI=1S/C30H36Cl2FN3O3/c1-29(2,3)15-25-30(20-13-22(33)21(32)14-23(20)34-28(30)39)26(17-6-4-7-18(31)12-17)27(35-25)24(38)8-5-10-36-11-9-19(37)16-36/h4,6-7,12-14,19,25-27,35,37H,5,8-11,15-16H2,1-3H3,(H,34,39)/t19-,25+,26-,27-,30-/m0/s1. The molecule has 3 heterocycles. The molecule has 0 aliphatic carbocycles. The average molecular weight is 577 g/mol. The zero-order chi connectivity index (χ0) is 28.1. The number of carbonyl (C=O) groups excluding carboxylic acids is 2. The van der Waals surface area contributed by atoms with E-state index in [0.29, 0.717) is 42.1 Å². The largest absolute Gasteiger partial charge is 0.392 e. The van der Waals surface area contributed by atoms with Crippen LogP contribution in [0, 0.1) is 11.2 Å². The highest BCUT2D eigenvalue weighted by atomic mass is 35.5. The van der Waals surface area contributed by atoms with Crippen molar-refractivity contribution < 1.29 is 19.1 Å². The molecule has 2 aromatic carbocycles. The average Bonchev–Trinajstić information content (AvgIpc) is 3.49. The Balaban J connectivity index is 1.58. The normalized spacial score (nSPS) is 28.7. The summed E-state index contributed by atoms with van der Waals surface area (Å²) in [5.41, 5.74) is 0.317. The fourth-order valence-corrected chi connectivity index (χ4v) is 7.20. The Morgan fingerprint density at radius 2 is 2.00 bits per heavy atom. The second-order valence-corrected chi connectivity index (χ2v) is 13.3. The number of halogens is 3. The third kappa shape index (κ3) is 5.36. The highest BCUT2D eigenvalue weighted by molar-refractivity contribution is 6.31. The van der Waals surface area contributed by atoms with Gasteiger partial charge in [0.1, 0.15) is 17.0 Å². The first-order valence-electron chi connectivity index (χ1n) is 13.7. The fourth-order valence-electron chi connectivity index (χ4n) is 6.83. The maximum Gasteiger partial charge on any atom is 0.237 e. The quantitative estimate of drug-likeness (QED) is 0.417. The summed E-state index contributed by atoms with van der Waals surface area (Å²) < 4.78 is 15.0. The summed E-state index contributed by atoms with van der Waals surface area (Å²) in [4.78, 5) is 30.3. The number of anilines is 1. The molecule has 5 atom stereocenters. The summed E-state index contributed by atoms with van der Waals surface area (Å²) in [6, 6.07) is 8.98. The van der Waals surface area contributed by atoms with Crippen LogP contribution in [0.4, 0.5) is 10.1 Å². The number of nitrogens with zero attached hydrogens (tertiary/aromatic N) is 1. The number of aliphatic hydroxyl groups is 1. The van der Waals surface area contributed by atoms with E-state index in [-0.39, 0.29) is 28.2 Å². The van der Waals surface area contributed by atoms with Crippen molar-refractivity contribution in [2.24, 2.45) is 5.41 Å². The lowest BCUT2D eigenvalue weighted by Gasteiger charge is -2.37. The van der Waals surface area contributed by atoms with Crippen LogP contribution in [0.3, 0.4) is 0 Å². The van der Waals surface area contributed by atoms with Gasteiger partial charge in [-0.15, -0.1) is 0 Å². The number of ketones is 1. The Kier molecular flexibility index (Phi) is 7.85. The fraction of sp³-hybridized carbons (Fsp3) is 0.533. The minimum Gasteiger partial charge on any atom is -0.392 e. The van der Waals surface area contributed by atoms with Crippen molar-refractivity contribution in [2.75, 3.05) is 25.0 Å². The summed E-state index contributed by atoms with van der Waals surface area (Å²) >= 11 is 12.5. The lowest BCUT2D eigenvalue weighted by Crippen LogP contribution is -2.49. The number of Topliss-reactive ketones (excluding diaryl/α,β-unsaturated/α-hetero) is 1. The Labute approximate surface area is 239 Å². The maximum atomic E-state index is 15.0. The molecule has 0 unspecified atom stereocenters. The van der Waals surface area contributed by atoms with Gasteiger partial charge in [0, 0.05) is 42.2 Å². The summed E-state index contributed by atoms with van der Waals surface area (Å²) in [7, 11) is 0. The highest BCUT2D eigenvalue weighted by Crippen LogP contribution is 2.57. The smallest absolute Gasteiger partial charge is 0.237 e. The van der Waals surface area contributed by atoms with Crippen molar-refractivity contribution in [3.8, 4) is 0 Å². The predicted molar refractivity (Wildman–Crippen MR) is 152 cm³/mol. The van der Waals surface area contributed by atoms with E-state index in [1.807, 2.05) is 12.1 Å². The molecule has 0 radical (unpaired) electrons. The molecule has 2 saturated heterocycles. The van der Waals surface area contributed by atoms with Gasteiger partial charge < -0.3 is 20.6 Å². The molecule has 2 fully saturated rings. The van der Waals surface area contributed by atoms with Gasteiger partial charge in [0.15, 0.2) is 0 Å². The second kappa shape index (κ2) is 10.7. The first kappa shape index (κ1) is 28.5. The van der Waals surface area contributed by atoms with E-state index in [9.17, 15) is 19.1 Å². The van der Waals surface area contributed by atoms with Crippen molar-refractivity contribution in [3.63, 3.8) is 0 Å². The molecule has 5 rings (SSSR count). The zero-order valence-electron chi connectivity index (χ0n) is 22.6. The molecule has 0 saturated carbocycles. The van der Waals surface area contributed by atoms with Gasteiger partial charge in [-0.3, -0.25) is 9.59 Å². The summed E-state index contributed by atoms with van der Waals surface area (Å²) in [6.07, 6.45) is 1.99. The molecule has 0 aromatic heterocycles. The summed E-state index contributed by atoms with van der Waals surface area (Å²) in [5, 5.41) is 16.8. The predicted octanol–water partition coefficient (Wildman–Crippen LogP) is 5.30. The number of hydrogen-bond donors (Lipinski definition) is 3. The number of amides is 1. The van der Waals surface area contributed by atoms with Crippen LogP contribution in [0.2, 0.25) is 10.0 Å². The molecular formula is C30H36Cl2FN3O3. The van der Waals surface area contributed by atoms with Crippen molar-refractivity contribution >= 4 is 40.6 Å². The number of rotatable bonds is 7. The first-order valence-corrected chi connectivity index (χ1v) is 14.4. The number of nitrogens with one attached hydrogen (secondary N) is 2. The highest BCUT2D eigenvalue weighted by Gasteiger charge is 2.65. The van der Waals surface area contributed by atoms with Crippen molar-refractivity contribution in [1.82, 2.24) is 10.2 Å². The van der Waals surface area contributed by atoms with E-state index < -0.39 is 29.2 Å². The minimum atomic E-state index is -1.24. The van der Waals surface area contributed by atoms with Crippen LogP contribution < -0.4 is 10.6 Å². The van der Waals surface area contributed by atoms with Crippen LogP contribution >= 0.6 is 23.2 Å². The molecule has 210 valence electrons. The van der Waals surface area contributed by atoms with E-state index in [0.717, 1.165) is 25.1 Å². The SMILES string of the molecule is CC(C)(C)C[C@H]1N[C@@H](C(=O)CCCN2CC[C@H](O)C2)[C@H](c2cccc(Cl)c2)[C@@]12C(=O)Nc1cc(Cl)c(F)cc12. The van der Waals surface area contributed by atoms with Gasteiger partial charge in [0.05, 0.1) is 17.2 Å². The van der Waals surface area contributed by atoms with Crippen LogP contribution in [0.1, 0.15) is 63.5 Å². The van der Waals surface area contributed by atoms with Crippen LogP contribution in [0.5, 0.6) is 0 Å². The lowest BCUT2D eigenvalue weighted by atomic mass is 9.62. The lowest BCUT2D eigenvalue weighted by molar-refractivity contribution is -0.122. The number of carbonyl (C=O) groups is 2. The van der Waals surface area contributed by atoms with Crippen molar-refractivity contribution in [3.05, 3.63) is 63.4 Å². The Hall–Kier alpha value is -2.03. The molecular weight excluding hydrogens is 540 g/mol. The van der Waals surface area contributed by atoms with Crippen LogP contribution in [-0.2, 0) is 15.0 Å². The molecule has 39 heavy (non-hydrogen) atoms. The Morgan fingerprint density at radius 1 is 1.23 bits per heavy atom. The molecule has 1 spiro atoms. The van der Waals surface area contributed by atoms with Crippen LogP contribution in [-0.4, -0.2) is 59.5 Å². The maximum absolute atomic E-state index is 15.0.